The number of carbonyl (C=O) groups is 2. The van der Waals surface area contributed by atoms with Gasteiger partial charge >= 0.3 is 12.0 Å². The molecular weight excluding hydrogens is 492 g/mol. The highest BCUT2D eigenvalue weighted by Crippen LogP contribution is 2.20. The molecule has 1 unspecified atom stereocenters. The van der Waals surface area contributed by atoms with Crippen LogP contribution in [-0.4, -0.2) is 47.6 Å². The summed E-state index contributed by atoms with van der Waals surface area (Å²) in [7, 11) is 0. The van der Waals surface area contributed by atoms with Gasteiger partial charge in [-0.2, -0.15) is 0 Å². The van der Waals surface area contributed by atoms with Gasteiger partial charge in [-0.1, -0.05) is 89.8 Å². The number of anilines is 1. The molecule has 2 aromatic rings. The van der Waals surface area contributed by atoms with Crippen LogP contribution in [0.1, 0.15) is 89.3 Å². The van der Waals surface area contributed by atoms with Crippen molar-refractivity contribution in [2.24, 2.45) is 0 Å². The Kier molecular flexibility index (Phi) is 15.0. The van der Waals surface area contributed by atoms with E-state index in [0.29, 0.717) is 25.5 Å². The summed E-state index contributed by atoms with van der Waals surface area (Å²) in [5, 5.41) is 2.93. The Morgan fingerprint density at radius 2 is 1.53 bits per heavy atom. The maximum absolute atomic E-state index is 13.2. The highest BCUT2D eigenvalue weighted by Gasteiger charge is 2.20. The lowest BCUT2D eigenvalue weighted by Crippen LogP contribution is -2.37. The predicted octanol–water partition coefficient (Wildman–Crippen LogP) is 8.08. The number of ether oxygens (including phenoxy) is 1. The van der Waals surface area contributed by atoms with E-state index in [1.54, 1.807) is 11.8 Å². The molecule has 5 nitrogen and oxygen atoms in total. The molecule has 0 saturated heterocycles. The average molecular weight is 541 g/mol. The lowest BCUT2D eigenvalue weighted by molar-refractivity contribution is -0.142. The van der Waals surface area contributed by atoms with E-state index in [4.69, 9.17) is 4.74 Å². The first-order chi connectivity index (χ1) is 18.4. The summed E-state index contributed by atoms with van der Waals surface area (Å²) < 4.78 is 5.25. The molecule has 1 atom stereocenters. The molecular formula is C32H48N2O3S. The van der Waals surface area contributed by atoms with Gasteiger partial charge in [0.25, 0.3) is 0 Å². The Morgan fingerprint density at radius 1 is 0.868 bits per heavy atom. The standard InChI is InChI=1S/C32H48N2O3S/c1-6-9-10-11-12-22-34(32(36)33-29-19-17-28(18-20-29)25(4)5)23-21-26-13-15-27(16-14-26)24-30(38-8-3)31(35)37-7-2/h13-20,25,30H,6-12,21-24H2,1-5H3,(H,33,36). The molecule has 0 aliphatic rings. The highest BCUT2D eigenvalue weighted by atomic mass is 32.2. The van der Waals surface area contributed by atoms with Crippen LogP contribution in [-0.2, 0) is 22.4 Å². The van der Waals surface area contributed by atoms with E-state index < -0.39 is 0 Å². The minimum absolute atomic E-state index is 0.0386. The van der Waals surface area contributed by atoms with E-state index in [-0.39, 0.29) is 17.3 Å². The SMILES string of the molecule is CCCCCCCN(CCc1ccc(CC(SCC)C(=O)OCC)cc1)C(=O)Nc1ccc(C(C)C)cc1. The summed E-state index contributed by atoms with van der Waals surface area (Å²) in [5.41, 5.74) is 4.42. The maximum Gasteiger partial charge on any atom is 0.321 e. The van der Waals surface area contributed by atoms with Crippen molar-refractivity contribution in [3.8, 4) is 0 Å². The number of thioether (sulfide) groups is 1. The lowest BCUT2D eigenvalue weighted by atomic mass is 10.0. The highest BCUT2D eigenvalue weighted by molar-refractivity contribution is 8.00. The first-order valence-electron chi connectivity index (χ1n) is 14.4. The number of urea groups is 1. The van der Waals surface area contributed by atoms with Crippen LogP contribution < -0.4 is 5.32 Å². The molecule has 0 radical (unpaired) electrons. The molecule has 0 spiro atoms. The zero-order chi connectivity index (χ0) is 27.8. The van der Waals surface area contributed by atoms with Gasteiger partial charge in [0.2, 0.25) is 0 Å². The van der Waals surface area contributed by atoms with Crippen molar-refractivity contribution in [3.63, 3.8) is 0 Å². The van der Waals surface area contributed by atoms with Crippen molar-refractivity contribution in [3.05, 3.63) is 65.2 Å². The number of esters is 1. The van der Waals surface area contributed by atoms with Gasteiger partial charge in [0.1, 0.15) is 5.25 Å². The molecule has 0 bridgehead atoms. The van der Waals surface area contributed by atoms with Crippen molar-refractivity contribution in [2.45, 2.75) is 90.7 Å². The van der Waals surface area contributed by atoms with E-state index in [2.05, 4.69) is 69.4 Å². The summed E-state index contributed by atoms with van der Waals surface area (Å²) in [5.74, 6) is 1.20. The number of unbranched alkanes of at least 4 members (excludes halogenated alkanes) is 4. The van der Waals surface area contributed by atoms with Crippen LogP contribution in [0.4, 0.5) is 10.5 Å². The Bertz CT molecular complexity index is 944. The molecule has 0 aliphatic carbocycles. The van der Waals surface area contributed by atoms with Gasteiger partial charge in [-0.15, -0.1) is 11.8 Å². The quantitative estimate of drug-likeness (QED) is 0.163. The number of hydrogen-bond donors (Lipinski definition) is 1. The van der Waals surface area contributed by atoms with E-state index in [9.17, 15) is 9.59 Å². The van der Waals surface area contributed by atoms with Crippen LogP contribution in [0, 0.1) is 0 Å². The third-order valence-corrected chi connectivity index (χ3v) is 7.77. The third kappa shape index (κ3) is 11.5. The number of rotatable bonds is 17. The number of benzene rings is 2. The van der Waals surface area contributed by atoms with Gasteiger partial charge in [-0.25, -0.2) is 4.79 Å². The first kappa shape index (κ1) is 31.7. The molecule has 2 rings (SSSR count). The molecule has 2 aromatic carbocycles. The molecule has 0 heterocycles. The smallest absolute Gasteiger partial charge is 0.321 e. The summed E-state index contributed by atoms with van der Waals surface area (Å²) in [4.78, 5) is 27.4. The van der Waals surface area contributed by atoms with E-state index in [0.717, 1.165) is 42.8 Å². The number of nitrogens with one attached hydrogen (secondary N) is 1. The fraction of sp³-hybridized carbons (Fsp3) is 0.562. The van der Waals surface area contributed by atoms with Gasteiger partial charge in [0.15, 0.2) is 0 Å². The molecule has 6 heteroatoms. The zero-order valence-electron chi connectivity index (χ0n) is 24.1. The van der Waals surface area contributed by atoms with E-state index in [1.165, 1.54) is 30.4 Å². The molecule has 2 amide bonds. The molecule has 0 aromatic heterocycles. The summed E-state index contributed by atoms with van der Waals surface area (Å²) in [6.45, 7) is 12.3. The Balaban J connectivity index is 1.99. The van der Waals surface area contributed by atoms with Crippen molar-refractivity contribution >= 4 is 29.4 Å². The molecule has 210 valence electrons. The normalized spacial score (nSPS) is 11.8. The van der Waals surface area contributed by atoms with Crippen LogP contribution in [0.3, 0.4) is 0 Å². The Labute approximate surface area is 235 Å². The second-order valence-corrected chi connectivity index (χ2v) is 11.6. The van der Waals surface area contributed by atoms with E-state index in [1.807, 2.05) is 24.0 Å². The van der Waals surface area contributed by atoms with Crippen molar-refractivity contribution in [1.29, 1.82) is 0 Å². The summed E-state index contributed by atoms with van der Waals surface area (Å²) in [6, 6.07) is 16.6. The van der Waals surface area contributed by atoms with Crippen LogP contribution in [0.25, 0.3) is 0 Å². The zero-order valence-corrected chi connectivity index (χ0v) is 24.9. The van der Waals surface area contributed by atoms with Crippen molar-refractivity contribution < 1.29 is 14.3 Å². The molecule has 38 heavy (non-hydrogen) atoms. The average Bonchev–Trinajstić information content (AvgIpc) is 2.91. The maximum atomic E-state index is 13.2. The number of hydrogen-bond acceptors (Lipinski definition) is 4. The number of amides is 2. The minimum atomic E-state index is -0.174. The summed E-state index contributed by atoms with van der Waals surface area (Å²) >= 11 is 1.63. The Morgan fingerprint density at radius 3 is 2.13 bits per heavy atom. The van der Waals surface area contributed by atoms with Gasteiger partial charge in [-0.3, -0.25) is 4.79 Å². The topological polar surface area (TPSA) is 58.6 Å². The van der Waals surface area contributed by atoms with Crippen LogP contribution in [0.15, 0.2) is 48.5 Å². The fourth-order valence-corrected chi connectivity index (χ4v) is 5.26. The van der Waals surface area contributed by atoms with Crippen LogP contribution in [0.2, 0.25) is 0 Å². The molecule has 0 fully saturated rings. The molecule has 0 saturated carbocycles. The second-order valence-electron chi connectivity index (χ2n) is 10.1. The predicted molar refractivity (Wildman–Crippen MR) is 162 cm³/mol. The van der Waals surface area contributed by atoms with Gasteiger partial charge in [0.05, 0.1) is 6.61 Å². The van der Waals surface area contributed by atoms with Crippen LogP contribution in [0.5, 0.6) is 0 Å². The molecule has 1 N–H and O–H groups in total. The molecule has 0 aliphatic heterocycles. The van der Waals surface area contributed by atoms with E-state index >= 15 is 0 Å². The van der Waals surface area contributed by atoms with Gasteiger partial charge in [0, 0.05) is 18.8 Å². The second kappa shape index (κ2) is 17.9. The Hall–Kier alpha value is -2.47. The lowest BCUT2D eigenvalue weighted by Gasteiger charge is -2.23. The summed E-state index contributed by atoms with van der Waals surface area (Å²) in [6.07, 6.45) is 7.29. The van der Waals surface area contributed by atoms with Gasteiger partial charge < -0.3 is 15.0 Å². The largest absolute Gasteiger partial charge is 0.465 e. The minimum Gasteiger partial charge on any atom is -0.465 e. The first-order valence-corrected chi connectivity index (χ1v) is 15.4. The number of nitrogens with zero attached hydrogens (tertiary/aromatic N) is 1. The fourth-order valence-electron chi connectivity index (χ4n) is 4.34. The van der Waals surface area contributed by atoms with Crippen molar-refractivity contribution in [2.75, 3.05) is 30.8 Å². The number of carbonyl (C=O) groups excluding carboxylic acids is 2. The van der Waals surface area contributed by atoms with Crippen molar-refractivity contribution in [1.82, 2.24) is 4.90 Å². The monoisotopic (exact) mass is 540 g/mol. The third-order valence-electron chi connectivity index (χ3n) is 6.68. The van der Waals surface area contributed by atoms with Gasteiger partial charge in [-0.05, 0) is 66.7 Å². The van der Waals surface area contributed by atoms with Crippen LogP contribution >= 0.6 is 11.8 Å².